The van der Waals surface area contributed by atoms with Crippen molar-refractivity contribution in [2.24, 2.45) is 0 Å². The van der Waals surface area contributed by atoms with E-state index in [1.54, 1.807) is 6.08 Å². The molecule has 0 aliphatic rings. The van der Waals surface area contributed by atoms with Gasteiger partial charge in [0.05, 0.1) is 18.8 Å². The van der Waals surface area contributed by atoms with Crippen LogP contribution >= 0.6 is 0 Å². The molecule has 0 saturated carbocycles. The minimum Gasteiger partial charge on any atom is -0.394 e. The molecule has 0 aromatic carbocycles. The summed E-state index contributed by atoms with van der Waals surface area (Å²) in [6.07, 6.45) is 44.1. The van der Waals surface area contributed by atoms with Crippen LogP contribution in [0.5, 0.6) is 0 Å². The van der Waals surface area contributed by atoms with E-state index in [9.17, 15) is 15.0 Å². The third-order valence-electron chi connectivity index (χ3n) is 8.10. The van der Waals surface area contributed by atoms with Crippen molar-refractivity contribution in [1.29, 1.82) is 0 Å². The van der Waals surface area contributed by atoms with Gasteiger partial charge in [0, 0.05) is 6.42 Å². The first-order valence-corrected chi connectivity index (χ1v) is 18.2. The maximum absolute atomic E-state index is 12.1. The summed E-state index contributed by atoms with van der Waals surface area (Å²) < 4.78 is 0. The number of allylic oxidation sites excluding steroid dienone is 5. The van der Waals surface area contributed by atoms with E-state index in [0.29, 0.717) is 6.42 Å². The molecule has 1 amide bonds. The average Bonchev–Trinajstić information content (AvgIpc) is 2.99. The van der Waals surface area contributed by atoms with Crippen LogP contribution < -0.4 is 5.32 Å². The predicted molar refractivity (Wildman–Crippen MR) is 184 cm³/mol. The Morgan fingerprint density at radius 2 is 0.929 bits per heavy atom. The highest BCUT2D eigenvalue weighted by molar-refractivity contribution is 5.76. The molecule has 2 atom stereocenters. The fourth-order valence-electron chi connectivity index (χ4n) is 5.27. The number of rotatable bonds is 32. The molecule has 0 fully saturated rings. The van der Waals surface area contributed by atoms with E-state index in [-0.39, 0.29) is 12.5 Å². The molecule has 0 aromatic heterocycles. The van der Waals surface area contributed by atoms with Gasteiger partial charge in [-0.3, -0.25) is 4.79 Å². The highest BCUT2D eigenvalue weighted by atomic mass is 16.3. The second-order valence-corrected chi connectivity index (χ2v) is 12.3. The zero-order valence-electron chi connectivity index (χ0n) is 28.0. The summed E-state index contributed by atoms with van der Waals surface area (Å²) in [6, 6.07) is -0.638. The smallest absolute Gasteiger partial charge is 0.220 e. The summed E-state index contributed by atoms with van der Waals surface area (Å²) in [5.74, 6) is -0.0893. The number of aliphatic hydroxyl groups is 2. The third kappa shape index (κ3) is 30.1. The van der Waals surface area contributed by atoms with Gasteiger partial charge in [-0.1, -0.05) is 166 Å². The van der Waals surface area contributed by atoms with Crippen LogP contribution in [0, 0.1) is 0 Å². The standard InChI is InChI=1S/C38H71NO3/c1-3-5-7-9-11-12-13-14-15-16-17-18-19-20-21-22-23-24-25-26-27-28-29-31-33-37(41)36(35-40)39-38(42)34-32-30-10-8-6-4-2/h22-23,26-27,31,33,36-37,40-41H,3-21,24-25,28-30,32,34-35H2,1-2H3,(H,39,42)/b23-22+,27-26+,33-31+. The van der Waals surface area contributed by atoms with E-state index in [1.165, 1.54) is 122 Å². The van der Waals surface area contributed by atoms with Gasteiger partial charge in [-0.25, -0.2) is 0 Å². The first kappa shape index (κ1) is 40.6. The Bertz CT molecular complexity index is 642. The number of aliphatic hydroxyl groups excluding tert-OH is 2. The SMILES string of the molecule is CCCCCCCCCCCCCCCC/C=C/CC/C=C/CC/C=C/C(O)C(CO)NC(=O)CCCCCCCC. The lowest BCUT2D eigenvalue weighted by atomic mass is 10.0. The van der Waals surface area contributed by atoms with Crippen LogP contribution in [0.3, 0.4) is 0 Å². The van der Waals surface area contributed by atoms with Crippen LogP contribution in [0.4, 0.5) is 0 Å². The van der Waals surface area contributed by atoms with Gasteiger partial charge >= 0.3 is 0 Å². The molecule has 0 aromatic rings. The molecule has 0 spiro atoms. The Labute approximate surface area is 261 Å². The normalized spacial score (nSPS) is 13.5. The van der Waals surface area contributed by atoms with Gasteiger partial charge in [0.1, 0.15) is 0 Å². The second kappa shape index (κ2) is 34.1. The molecule has 0 radical (unpaired) electrons. The molecule has 0 bridgehead atoms. The van der Waals surface area contributed by atoms with Gasteiger partial charge in [-0.05, 0) is 44.9 Å². The van der Waals surface area contributed by atoms with E-state index in [4.69, 9.17) is 0 Å². The largest absolute Gasteiger partial charge is 0.394 e. The van der Waals surface area contributed by atoms with Crippen molar-refractivity contribution in [1.82, 2.24) is 5.32 Å². The number of amides is 1. The van der Waals surface area contributed by atoms with Crippen molar-refractivity contribution in [3.8, 4) is 0 Å². The van der Waals surface area contributed by atoms with E-state index >= 15 is 0 Å². The van der Waals surface area contributed by atoms with Gasteiger partial charge in [-0.2, -0.15) is 0 Å². The molecule has 42 heavy (non-hydrogen) atoms. The van der Waals surface area contributed by atoms with Gasteiger partial charge in [0.15, 0.2) is 0 Å². The Balaban J connectivity index is 3.60. The van der Waals surface area contributed by atoms with Crippen molar-refractivity contribution in [2.75, 3.05) is 6.61 Å². The number of carbonyl (C=O) groups is 1. The molecular weight excluding hydrogens is 518 g/mol. The lowest BCUT2D eigenvalue weighted by molar-refractivity contribution is -0.123. The maximum Gasteiger partial charge on any atom is 0.220 e. The summed E-state index contributed by atoms with van der Waals surface area (Å²) in [7, 11) is 0. The molecule has 4 nitrogen and oxygen atoms in total. The van der Waals surface area contributed by atoms with Crippen LogP contribution in [0.2, 0.25) is 0 Å². The fourth-order valence-corrected chi connectivity index (χ4v) is 5.27. The first-order valence-electron chi connectivity index (χ1n) is 18.2. The lowest BCUT2D eigenvalue weighted by Gasteiger charge is -2.19. The van der Waals surface area contributed by atoms with E-state index in [2.05, 4.69) is 43.5 Å². The van der Waals surface area contributed by atoms with Crippen LogP contribution in [0.25, 0.3) is 0 Å². The molecule has 2 unspecified atom stereocenters. The molecule has 0 rings (SSSR count). The first-order chi connectivity index (χ1) is 20.7. The number of carbonyl (C=O) groups excluding carboxylic acids is 1. The summed E-state index contributed by atoms with van der Waals surface area (Å²) in [5, 5.41) is 22.7. The summed E-state index contributed by atoms with van der Waals surface area (Å²) in [4.78, 5) is 12.1. The van der Waals surface area contributed by atoms with Gasteiger partial charge < -0.3 is 15.5 Å². The van der Waals surface area contributed by atoms with Gasteiger partial charge in [0.25, 0.3) is 0 Å². The minimum absolute atomic E-state index is 0.0893. The molecule has 0 heterocycles. The summed E-state index contributed by atoms with van der Waals surface area (Å²) in [6.45, 7) is 4.22. The molecule has 4 heteroatoms. The highest BCUT2D eigenvalue weighted by Crippen LogP contribution is 2.14. The third-order valence-corrected chi connectivity index (χ3v) is 8.10. The monoisotopic (exact) mass is 590 g/mol. The lowest BCUT2D eigenvalue weighted by Crippen LogP contribution is -2.45. The van der Waals surface area contributed by atoms with Crippen molar-refractivity contribution in [3.05, 3.63) is 36.5 Å². The molecule has 0 aliphatic carbocycles. The molecular formula is C38H71NO3. The van der Waals surface area contributed by atoms with Crippen LogP contribution in [-0.4, -0.2) is 34.9 Å². The highest BCUT2D eigenvalue weighted by Gasteiger charge is 2.17. The van der Waals surface area contributed by atoms with E-state index in [1.807, 2.05) is 6.08 Å². The Hall–Kier alpha value is -1.39. The zero-order valence-corrected chi connectivity index (χ0v) is 28.0. The average molecular weight is 590 g/mol. The zero-order chi connectivity index (χ0) is 30.8. The minimum atomic E-state index is -0.864. The van der Waals surface area contributed by atoms with Crippen molar-refractivity contribution in [3.63, 3.8) is 0 Å². The molecule has 246 valence electrons. The van der Waals surface area contributed by atoms with E-state index < -0.39 is 12.1 Å². The fraction of sp³-hybridized carbons (Fsp3) is 0.816. The number of nitrogens with one attached hydrogen (secondary N) is 1. The van der Waals surface area contributed by atoms with Gasteiger partial charge in [0.2, 0.25) is 5.91 Å². The van der Waals surface area contributed by atoms with Crippen LogP contribution in [0.1, 0.15) is 181 Å². The van der Waals surface area contributed by atoms with Crippen molar-refractivity contribution in [2.45, 2.75) is 193 Å². The topological polar surface area (TPSA) is 69.6 Å². The van der Waals surface area contributed by atoms with Crippen molar-refractivity contribution >= 4 is 5.91 Å². The number of hydrogen-bond donors (Lipinski definition) is 3. The molecule has 0 saturated heterocycles. The Kier molecular flexibility index (Phi) is 33.0. The quantitative estimate of drug-likeness (QED) is 0.0540. The van der Waals surface area contributed by atoms with Crippen LogP contribution in [-0.2, 0) is 4.79 Å². The predicted octanol–water partition coefficient (Wildman–Crippen LogP) is 10.7. The Morgan fingerprint density at radius 1 is 0.548 bits per heavy atom. The van der Waals surface area contributed by atoms with Crippen molar-refractivity contribution < 1.29 is 15.0 Å². The Morgan fingerprint density at radius 3 is 1.38 bits per heavy atom. The maximum atomic E-state index is 12.1. The van der Waals surface area contributed by atoms with Crippen LogP contribution in [0.15, 0.2) is 36.5 Å². The molecule has 3 N–H and O–H groups in total. The summed E-state index contributed by atoms with van der Waals surface area (Å²) >= 11 is 0. The molecule has 0 aliphatic heterocycles. The number of hydrogen-bond acceptors (Lipinski definition) is 3. The second-order valence-electron chi connectivity index (χ2n) is 12.3. The summed E-state index contributed by atoms with van der Waals surface area (Å²) in [5.41, 5.74) is 0. The van der Waals surface area contributed by atoms with E-state index in [0.717, 1.165) is 38.5 Å². The van der Waals surface area contributed by atoms with Gasteiger partial charge in [-0.15, -0.1) is 0 Å². The number of unbranched alkanes of at least 4 members (excludes halogenated alkanes) is 21.